The van der Waals surface area contributed by atoms with Crippen molar-refractivity contribution in [2.45, 2.75) is 64.3 Å². The van der Waals surface area contributed by atoms with Gasteiger partial charge < -0.3 is 14.2 Å². The van der Waals surface area contributed by atoms with Crippen LogP contribution in [-0.2, 0) is 14.2 Å². The molecule has 3 rings (SSSR count). The summed E-state index contributed by atoms with van der Waals surface area (Å²) < 4.78 is 19.4. The highest BCUT2D eigenvalue weighted by atomic mass is 16.8. The number of H-pyrrole nitrogens is 1. The lowest BCUT2D eigenvalue weighted by molar-refractivity contribution is -0.148. The number of hydrogen-bond acceptors (Lipinski definition) is 5. The topological polar surface area (TPSA) is 82.6 Å². The Labute approximate surface area is 140 Å². The summed E-state index contributed by atoms with van der Waals surface area (Å²) in [5.74, 6) is -0.735. The van der Waals surface area contributed by atoms with E-state index in [9.17, 15) is 9.59 Å². The number of ether oxygens (including phenoxy) is 3. The summed E-state index contributed by atoms with van der Waals surface area (Å²) >= 11 is 0. The molecule has 24 heavy (non-hydrogen) atoms. The smallest absolute Gasteiger partial charge is 0.328 e. The minimum absolute atomic E-state index is 0.272. The van der Waals surface area contributed by atoms with E-state index in [1.54, 1.807) is 0 Å². The Morgan fingerprint density at radius 2 is 2.00 bits per heavy atom. The van der Waals surface area contributed by atoms with Gasteiger partial charge in [0.05, 0.1) is 18.2 Å². The number of nitrogens with one attached hydrogen (secondary N) is 1. The van der Waals surface area contributed by atoms with Gasteiger partial charge in [-0.15, -0.1) is 0 Å². The highest BCUT2D eigenvalue weighted by Gasteiger charge is 2.50. The summed E-state index contributed by atoms with van der Waals surface area (Å²) in [6, 6.07) is 0.981. The molecule has 3 atom stereocenters. The molecule has 7 nitrogen and oxygen atoms in total. The van der Waals surface area contributed by atoms with E-state index in [1.165, 1.54) is 16.8 Å². The summed E-state index contributed by atoms with van der Waals surface area (Å²) in [4.78, 5) is 25.7. The Morgan fingerprint density at radius 3 is 2.62 bits per heavy atom. The zero-order chi connectivity index (χ0) is 17.7. The minimum Gasteiger partial charge on any atom is -0.371 e. The van der Waals surface area contributed by atoms with Crippen molar-refractivity contribution in [1.29, 1.82) is 0 Å². The number of nitrogens with zero attached hydrogens (tertiary/aromatic N) is 1. The van der Waals surface area contributed by atoms with Gasteiger partial charge in [-0.2, -0.15) is 0 Å². The van der Waals surface area contributed by atoms with E-state index in [1.807, 2.05) is 40.7 Å². The van der Waals surface area contributed by atoms with Gasteiger partial charge in [0.1, 0.15) is 12.2 Å². The molecule has 0 amide bonds. The number of hydrogen-bond donors (Lipinski definition) is 1. The van der Waals surface area contributed by atoms with E-state index in [4.69, 9.17) is 14.2 Å². The van der Waals surface area contributed by atoms with Crippen LogP contribution in [0.4, 0.5) is 0 Å². The van der Waals surface area contributed by atoms with Crippen molar-refractivity contribution >= 4 is 0 Å². The molecule has 0 unspecified atom stereocenters. The van der Waals surface area contributed by atoms with Crippen molar-refractivity contribution in [2.24, 2.45) is 0 Å². The first-order valence-electron chi connectivity index (χ1n) is 8.07. The molecule has 2 heterocycles. The average molecular weight is 336 g/mol. The molecule has 1 aliphatic carbocycles. The van der Waals surface area contributed by atoms with Crippen LogP contribution in [0.15, 0.2) is 33.5 Å². The lowest BCUT2D eigenvalue weighted by Gasteiger charge is -2.23. The van der Waals surface area contributed by atoms with Gasteiger partial charge in [0.2, 0.25) is 0 Å². The first-order valence-corrected chi connectivity index (χ1v) is 8.07. The van der Waals surface area contributed by atoms with Crippen LogP contribution in [0.5, 0.6) is 0 Å². The van der Waals surface area contributed by atoms with E-state index in [-0.39, 0.29) is 23.9 Å². The zero-order valence-electron chi connectivity index (χ0n) is 14.7. The van der Waals surface area contributed by atoms with Crippen molar-refractivity contribution in [3.8, 4) is 0 Å². The molecule has 0 radical (unpaired) electrons. The van der Waals surface area contributed by atoms with Crippen LogP contribution in [0.2, 0.25) is 0 Å². The standard InChI is InChI=1S/C17H24N2O5/c1-16(2,3)22-9-10-8-11(14-13(10)23-17(4,5)24-14)19-7-6-12(20)18-15(19)21/h6-8,11,13-14H,9H2,1-5H3,(H,18,20,21)/t11-,13-,14+/m0/s1. The van der Waals surface area contributed by atoms with Crippen LogP contribution in [-0.4, -0.2) is 39.8 Å². The van der Waals surface area contributed by atoms with E-state index in [0.717, 1.165) is 5.57 Å². The molecule has 0 saturated carbocycles. The van der Waals surface area contributed by atoms with E-state index in [2.05, 4.69) is 4.98 Å². The van der Waals surface area contributed by atoms with Crippen LogP contribution in [0.25, 0.3) is 0 Å². The second kappa shape index (κ2) is 5.68. The van der Waals surface area contributed by atoms with Gasteiger partial charge in [-0.3, -0.25) is 14.3 Å². The number of aromatic amines is 1. The minimum atomic E-state index is -0.735. The monoisotopic (exact) mass is 336 g/mol. The first-order chi connectivity index (χ1) is 11.1. The second-order valence-electron chi connectivity index (χ2n) is 7.67. The maximum atomic E-state index is 12.2. The summed E-state index contributed by atoms with van der Waals surface area (Å²) in [6.45, 7) is 10.1. The van der Waals surface area contributed by atoms with Gasteiger partial charge in [-0.1, -0.05) is 6.08 Å². The van der Waals surface area contributed by atoms with Crippen molar-refractivity contribution < 1.29 is 14.2 Å². The predicted molar refractivity (Wildman–Crippen MR) is 88.0 cm³/mol. The molecule has 1 N–H and O–H groups in total. The third kappa shape index (κ3) is 3.38. The van der Waals surface area contributed by atoms with Crippen LogP contribution in [0, 0.1) is 0 Å². The third-order valence-corrected chi connectivity index (χ3v) is 4.06. The summed E-state index contributed by atoms with van der Waals surface area (Å²) in [5.41, 5.74) is -0.217. The van der Waals surface area contributed by atoms with Gasteiger partial charge in [0, 0.05) is 12.3 Å². The summed E-state index contributed by atoms with van der Waals surface area (Å²) in [6.07, 6.45) is 2.82. The molecule has 0 bridgehead atoms. The van der Waals surface area contributed by atoms with Crippen molar-refractivity contribution in [1.82, 2.24) is 9.55 Å². The Bertz CT molecular complexity index is 768. The van der Waals surface area contributed by atoms with Crippen molar-refractivity contribution in [2.75, 3.05) is 6.61 Å². The molecular weight excluding hydrogens is 312 g/mol. The number of aromatic nitrogens is 2. The van der Waals surface area contributed by atoms with Crippen LogP contribution in [0.3, 0.4) is 0 Å². The second-order valence-corrected chi connectivity index (χ2v) is 7.67. The highest BCUT2D eigenvalue weighted by Crippen LogP contribution is 2.43. The molecule has 1 saturated heterocycles. The molecule has 1 fully saturated rings. The number of rotatable bonds is 3. The highest BCUT2D eigenvalue weighted by molar-refractivity contribution is 5.26. The van der Waals surface area contributed by atoms with Crippen LogP contribution < -0.4 is 11.2 Å². The molecule has 1 aromatic rings. The normalized spacial score (nSPS) is 28.7. The Hall–Kier alpha value is -1.70. The van der Waals surface area contributed by atoms with E-state index < -0.39 is 17.0 Å². The molecule has 0 spiro atoms. The summed E-state index contributed by atoms with van der Waals surface area (Å²) in [7, 11) is 0. The maximum absolute atomic E-state index is 12.2. The fourth-order valence-corrected chi connectivity index (χ4v) is 3.07. The predicted octanol–water partition coefficient (Wildman–Crippen LogP) is 1.35. The molecule has 0 aromatic carbocycles. The lowest BCUT2D eigenvalue weighted by Crippen LogP contribution is -2.37. The first kappa shape index (κ1) is 17.1. The Balaban J connectivity index is 1.94. The van der Waals surface area contributed by atoms with Gasteiger partial charge in [0.15, 0.2) is 5.79 Å². The lowest BCUT2D eigenvalue weighted by atomic mass is 10.1. The van der Waals surface area contributed by atoms with Gasteiger partial charge in [0.25, 0.3) is 5.56 Å². The fraction of sp³-hybridized carbons (Fsp3) is 0.647. The molecule has 2 aliphatic rings. The molecular formula is C17H24N2O5. The van der Waals surface area contributed by atoms with E-state index >= 15 is 0 Å². The van der Waals surface area contributed by atoms with Crippen LogP contribution in [0.1, 0.15) is 40.7 Å². The quantitative estimate of drug-likeness (QED) is 0.843. The van der Waals surface area contributed by atoms with E-state index in [0.29, 0.717) is 6.61 Å². The maximum Gasteiger partial charge on any atom is 0.328 e. The van der Waals surface area contributed by atoms with Crippen LogP contribution >= 0.6 is 0 Å². The SMILES string of the molecule is CC(C)(C)OCC1=C[C@H](n2ccc(=O)[nH]c2=O)[C@H]2OC(C)(C)O[C@@H]12. The third-order valence-electron chi connectivity index (χ3n) is 4.06. The molecule has 1 aromatic heterocycles. The summed E-state index contributed by atoms with van der Waals surface area (Å²) in [5, 5.41) is 0. The molecule has 132 valence electrons. The average Bonchev–Trinajstić information content (AvgIpc) is 2.90. The molecule has 1 aliphatic heterocycles. The largest absolute Gasteiger partial charge is 0.371 e. The fourth-order valence-electron chi connectivity index (χ4n) is 3.07. The van der Waals surface area contributed by atoms with Gasteiger partial charge in [-0.25, -0.2) is 4.79 Å². The van der Waals surface area contributed by atoms with Gasteiger partial charge in [-0.05, 0) is 40.2 Å². The van der Waals surface area contributed by atoms with Crippen molar-refractivity contribution in [3.05, 3.63) is 44.8 Å². The Morgan fingerprint density at radius 1 is 1.29 bits per heavy atom. The Kier molecular flexibility index (Phi) is 4.06. The van der Waals surface area contributed by atoms with Gasteiger partial charge >= 0.3 is 5.69 Å². The number of fused-ring (bicyclic) bond motifs is 1. The van der Waals surface area contributed by atoms with Crippen molar-refractivity contribution in [3.63, 3.8) is 0 Å². The molecule has 7 heteroatoms. The zero-order valence-corrected chi connectivity index (χ0v) is 14.7.